The lowest BCUT2D eigenvalue weighted by Crippen LogP contribution is -2.02. The van der Waals surface area contributed by atoms with Gasteiger partial charge in [0.05, 0.1) is 18.9 Å². The Labute approximate surface area is 103 Å². The van der Waals surface area contributed by atoms with Crippen LogP contribution in [0.4, 0.5) is 4.39 Å². The van der Waals surface area contributed by atoms with Crippen LogP contribution in [0.2, 0.25) is 0 Å². The zero-order valence-electron chi connectivity index (χ0n) is 9.55. The van der Waals surface area contributed by atoms with Crippen molar-refractivity contribution in [1.29, 1.82) is 0 Å². The number of carbonyl (C=O) groups is 1. The summed E-state index contributed by atoms with van der Waals surface area (Å²) in [4.78, 5) is 15.2. The second kappa shape index (κ2) is 4.83. The smallest absolute Gasteiger partial charge is 0.337 e. The number of aromatic nitrogens is 1. The molecule has 4 nitrogen and oxygen atoms in total. The number of hydrogen-bond donors (Lipinski definition) is 1. The van der Waals surface area contributed by atoms with Gasteiger partial charge in [-0.15, -0.1) is 0 Å². The van der Waals surface area contributed by atoms with Gasteiger partial charge in [-0.05, 0) is 29.8 Å². The van der Waals surface area contributed by atoms with Gasteiger partial charge in [0.15, 0.2) is 0 Å². The monoisotopic (exact) mass is 247 g/mol. The summed E-state index contributed by atoms with van der Waals surface area (Å²) >= 11 is 0. The Morgan fingerprint density at radius 3 is 2.67 bits per heavy atom. The number of pyridine rings is 1. The van der Waals surface area contributed by atoms with E-state index in [0.717, 1.165) is 6.07 Å². The Bertz CT molecular complexity index is 599. The van der Waals surface area contributed by atoms with Crippen molar-refractivity contribution in [2.24, 2.45) is 0 Å². The molecule has 0 unspecified atom stereocenters. The van der Waals surface area contributed by atoms with E-state index in [4.69, 9.17) is 0 Å². The summed E-state index contributed by atoms with van der Waals surface area (Å²) in [5, 5.41) is 9.32. The molecule has 0 radical (unpaired) electrons. The molecule has 0 fully saturated rings. The van der Waals surface area contributed by atoms with Crippen molar-refractivity contribution in [2.75, 3.05) is 7.11 Å². The van der Waals surface area contributed by atoms with Gasteiger partial charge < -0.3 is 9.84 Å². The molecule has 0 amide bonds. The zero-order chi connectivity index (χ0) is 13.1. The summed E-state index contributed by atoms with van der Waals surface area (Å²) in [7, 11) is 1.23. The number of rotatable bonds is 2. The summed E-state index contributed by atoms with van der Waals surface area (Å²) in [6.45, 7) is 0. The molecule has 2 rings (SSSR count). The van der Waals surface area contributed by atoms with Crippen LogP contribution in [0.1, 0.15) is 10.4 Å². The van der Waals surface area contributed by atoms with Crippen molar-refractivity contribution >= 4 is 5.97 Å². The lowest BCUT2D eigenvalue weighted by atomic mass is 10.0. The molecule has 1 aromatic heterocycles. The van der Waals surface area contributed by atoms with Crippen LogP contribution in [0.15, 0.2) is 36.7 Å². The van der Waals surface area contributed by atoms with E-state index >= 15 is 0 Å². The van der Waals surface area contributed by atoms with Crippen molar-refractivity contribution in [3.63, 3.8) is 0 Å². The number of nitrogens with zero attached hydrogens (tertiary/aromatic N) is 1. The molecule has 0 aliphatic rings. The molecule has 5 heteroatoms. The van der Waals surface area contributed by atoms with E-state index in [2.05, 4.69) is 9.72 Å². The molecular formula is C13H10FNO3. The largest absolute Gasteiger partial charge is 0.506 e. The maximum absolute atomic E-state index is 13.4. The number of benzene rings is 1. The Kier molecular flexibility index (Phi) is 3.23. The predicted molar refractivity (Wildman–Crippen MR) is 62.6 cm³/mol. The second-order valence-corrected chi connectivity index (χ2v) is 3.65. The zero-order valence-corrected chi connectivity index (χ0v) is 9.55. The third-order valence-electron chi connectivity index (χ3n) is 2.38. The Morgan fingerprint density at radius 2 is 2.00 bits per heavy atom. The highest BCUT2D eigenvalue weighted by Crippen LogP contribution is 2.24. The molecule has 0 aliphatic carbocycles. The van der Waals surface area contributed by atoms with Crippen LogP contribution in [0.3, 0.4) is 0 Å². The highest BCUT2D eigenvalue weighted by molar-refractivity contribution is 5.91. The quantitative estimate of drug-likeness (QED) is 0.828. The summed E-state index contributed by atoms with van der Waals surface area (Å²) in [5.41, 5.74) is 1.06. The third kappa shape index (κ3) is 2.45. The van der Waals surface area contributed by atoms with E-state index in [-0.39, 0.29) is 11.3 Å². The van der Waals surface area contributed by atoms with E-state index < -0.39 is 11.8 Å². The molecule has 0 atom stereocenters. The molecule has 1 aromatic carbocycles. The van der Waals surface area contributed by atoms with Gasteiger partial charge in [0.1, 0.15) is 11.6 Å². The van der Waals surface area contributed by atoms with Crippen LogP contribution in [0.5, 0.6) is 5.75 Å². The van der Waals surface area contributed by atoms with Gasteiger partial charge in [0.25, 0.3) is 0 Å². The molecule has 18 heavy (non-hydrogen) atoms. The van der Waals surface area contributed by atoms with E-state index in [1.807, 2.05) is 0 Å². The summed E-state index contributed by atoms with van der Waals surface area (Å²) < 4.78 is 18.0. The molecule has 0 saturated heterocycles. The first kappa shape index (κ1) is 12.0. The lowest BCUT2D eigenvalue weighted by Gasteiger charge is -2.05. The van der Waals surface area contributed by atoms with Gasteiger partial charge in [-0.3, -0.25) is 4.98 Å². The average Bonchev–Trinajstić information content (AvgIpc) is 2.37. The van der Waals surface area contributed by atoms with Crippen LogP contribution < -0.4 is 0 Å². The molecule has 1 N–H and O–H groups in total. The van der Waals surface area contributed by atoms with Crippen LogP contribution in [-0.2, 0) is 4.74 Å². The van der Waals surface area contributed by atoms with Crippen molar-refractivity contribution in [3.05, 3.63) is 48.0 Å². The summed E-state index contributed by atoms with van der Waals surface area (Å²) in [6, 6.07) is 5.25. The van der Waals surface area contributed by atoms with E-state index in [1.165, 1.54) is 37.7 Å². The average molecular weight is 247 g/mol. The maximum Gasteiger partial charge on any atom is 0.337 e. The number of carbonyl (C=O) groups excluding carboxylic acids is 1. The molecule has 0 bridgehead atoms. The maximum atomic E-state index is 13.4. The fourth-order valence-electron chi connectivity index (χ4n) is 1.58. The standard InChI is InChI=1S/C13H10FNO3/c1-18-13(17)9-2-8(3-11(14)4-9)10-5-12(16)7-15-6-10/h2-7,16H,1H3. The first-order valence-electron chi connectivity index (χ1n) is 5.13. The van der Waals surface area contributed by atoms with E-state index in [1.54, 1.807) is 0 Å². The highest BCUT2D eigenvalue weighted by atomic mass is 19.1. The Morgan fingerprint density at radius 1 is 1.22 bits per heavy atom. The molecule has 1 heterocycles. The van der Waals surface area contributed by atoms with Crippen molar-refractivity contribution in [1.82, 2.24) is 4.98 Å². The summed E-state index contributed by atoms with van der Waals surface area (Å²) in [5.74, 6) is -1.21. The van der Waals surface area contributed by atoms with E-state index in [0.29, 0.717) is 11.1 Å². The highest BCUT2D eigenvalue weighted by Gasteiger charge is 2.10. The number of methoxy groups -OCH3 is 1. The van der Waals surface area contributed by atoms with Crippen LogP contribution in [-0.4, -0.2) is 23.2 Å². The number of esters is 1. The van der Waals surface area contributed by atoms with Crippen LogP contribution in [0.25, 0.3) is 11.1 Å². The molecule has 2 aromatic rings. The van der Waals surface area contributed by atoms with Gasteiger partial charge in [0.2, 0.25) is 0 Å². The van der Waals surface area contributed by atoms with Crippen molar-refractivity contribution in [3.8, 4) is 16.9 Å². The molecule has 92 valence electrons. The lowest BCUT2D eigenvalue weighted by molar-refractivity contribution is 0.0600. The minimum Gasteiger partial charge on any atom is -0.506 e. The fourth-order valence-corrected chi connectivity index (χ4v) is 1.58. The molecule has 0 spiro atoms. The molecule has 0 saturated carbocycles. The number of halogens is 1. The molecular weight excluding hydrogens is 237 g/mol. The third-order valence-corrected chi connectivity index (χ3v) is 2.38. The normalized spacial score (nSPS) is 10.1. The number of ether oxygens (including phenoxy) is 1. The van der Waals surface area contributed by atoms with E-state index in [9.17, 15) is 14.3 Å². The summed E-state index contributed by atoms with van der Waals surface area (Å²) in [6.07, 6.45) is 2.74. The van der Waals surface area contributed by atoms with Crippen molar-refractivity contribution < 1.29 is 19.0 Å². The van der Waals surface area contributed by atoms with Gasteiger partial charge in [-0.2, -0.15) is 0 Å². The molecule has 0 aliphatic heterocycles. The Hall–Kier alpha value is -2.43. The van der Waals surface area contributed by atoms with Gasteiger partial charge >= 0.3 is 5.97 Å². The van der Waals surface area contributed by atoms with Gasteiger partial charge in [0, 0.05) is 11.8 Å². The van der Waals surface area contributed by atoms with Crippen molar-refractivity contribution in [2.45, 2.75) is 0 Å². The SMILES string of the molecule is COC(=O)c1cc(F)cc(-c2cncc(O)c2)c1. The first-order valence-corrected chi connectivity index (χ1v) is 5.13. The Balaban J connectivity index is 2.51. The minimum atomic E-state index is -0.621. The van der Waals surface area contributed by atoms with Gasteiger partial charge in [-0.25, -0.2) is 9.18 Å². The van der Waals surface area contributed by atoms with Crippen LogP contribution in [0, 0.1) is 5.82 Å². The second-order valence-electron chi connectivity index (χ2n) is 3.65. The topological polar surface area (TPSA) is 59.4 Å². The minimum absolute atomic E-state index is 0.0311. The first-order chi connectivity index (χ1) is 8.60. The van der Waals surface area contributed by atoms with Gasteiger partial charge in [-0.1, -0.05) is 0 Å². The fraction of sp³-hybridized carbons (Fsp3) is 0.0769. The number of aromatic hydroxyl groups is 1. The predicted octanol–water partition coefficient (Wildman–Crippen LogP) is 2.38. The van der Waals surface area contributed by atoms with Crippen LogP contribution >= 0.6 is 0 Å². The number of hydrogen-bond acceptors (Lipinski definition) is 4.